The number of hydrogen-bond donors (Lipinski definition) is 2. The predicted octanol–water partition coefficient (Wildman–Crippen LogP) is 3.82. The molecule has 0 aliphatic carbocycles. The number of nitrogens with two attached hydrogens (primary N) is 2. The lowest BCUT2D eigenvalue weighted by Crippen LogP contribution is -2.25. The highest BCUT2D eigenvalue weighted by atomic mass is 35.5. The molecule has 0 aliphatic heterocycles. The van der Waals surface area contributed by atoms with Gasteiger partial charge in [0.1, 0.15) is 10.7 Å². The van der Waals surface area contributed by atoms with E-state index in [2.05, 4.69) is 25.3 Å². The molecule has 0 saturated heterocycles. The van der Waals surface area contributed by atoms with Crippen molar-refractivity contribution in [3.05, 3.63) is 46.7 Å². The van der Waals surface area contributed by atoms with Crippen molar-refractivity contribution in [2.24, 2.45) is 10.9 Å². The molecule has 0 bridgehead atoms. The van der Waals surface area contributed by atoms with E-state index >= 15 is 0 Å². The quantitative estimate of drug-likeness (QED) is 0.636. The van der Waals surface area contributed by atoms with Gasteiger partial charge in [0.25, 0.3) is 0 Å². The largest absolute Gasteiger partial charge is 0.330 e. The number of rotatable bonds is 5. The van der Waals surface area contributed by atoms with Gasteiger partial charge in [-0.2, -0.15) is 0 Å². The van der Waals surface area contributed by atoms with Crippen LogP contribution in [0.4, 0.5) is 0 Å². The molecule has 0 spiro atoms. The molecule has 0 unspecified atom stereocenters. The number of imidazole rings is 1. The Hall–Kier alpha value is -1.93. The Morgan fingerprint density at radius 3 is 2.28 bits per heavy atom. The highest BCUT2D eigenvalue weighted by Crippen LogP contribution is 2.43. The van der Waals surface area contributed by atoms with Gasteiger partial charge >= 0.3 is 0 Å². The summed E-state index contributed by atoms with van der Waals surface area (Å²) in [7, 11) is -4.11. The van der Waals surface area contributed by atoms with Crippen LogP contribution in [0.25, 0.3) is 22.2 Å². The van der Waals surface area contributed by atoms with E-state index in [0.717, 1.165) is 11.3 Å². The van der Waals surface area contributed by atoms with Crippen LogP contribution in [-0.2, 0) is 28.4 Å². The fourth-order valence-electron chi connectivity index (χ4n) is 3.85. The van der Waals surface area contributed by atoms with Crippen LogP contribution >= 0.6 is 11.6 Å². The Labute approximate surface area is 176 Å². The van der Waals surface area contributed by atoms with Crippen molar-refractivity contribution in [1.82, 2.24) is 9.55 Å². The second-order valence-corrected chi connectivity index (χ2v) is 9.91. The maximum atomic E-state index is 12.6. The van der Waals surface area contributed by atoms with E-state index in [-0.39, 0.29) is 15.5 Å². The maximum absolute atomic E-state index is 12.6. The molecule has 0 amide bonds. The van der Waals surface area contributed by atoms with Gasteiger partial charge in [0.05, 0.1) is 16.1 Å². The highest BCUT2D eigenvalue weighted by molar-refractivity contribution is 7.89. The van der Waals surface area contributed by atoms with Crippen LogP contribution in [0.5, 0.6) is 0 Å². The number of nitrogens with zero attached hydrogens (tertiary/aromatic N) is 2. The minimum atomic E-state index is -4.11. The van der Waals surface area contributed by atoms with E-state index in [1.54, 1.807) is 0 Å². The topological polar surface area (TPSA) is 104 Å². The summed E-state index contributed by atoms with van der Waals surface area (Å²) in [6, 6.07) is 9.23. The van der Waals surface area contributed by atoms with Gasteiger partial charge < -0.3 is 10.3 Å². The fraction of sp³-hybridized carbons (Fsp3) is 0.381. The second-order valence-electron chi connectivity index (χ2n) is 8.03. The molecule has 3 aromatic rings. The molecule has 0 fully saturated rings. The molecule has 0 saturated carbocycles. The number of aromatic nitrogens is 2. The Bertz CT molecular complexity index is 1160. The lowest BCUT2D eigenvalue weighted by molar-refractivity contribution is 0.394. The molecule has 2 aromatic carbocycles. The minimum Gasteiger partial charge on any atom is -0.330 e. The molecule has 0 atom stereocenters. The van der Waals surface area contributed by atoms with Crippen molar-refractivity contribution in [2.75, 3.05) is 6.54 Å². The van der Waals surface area contributed by atoms with Crippen molar-refractivity contribution in [3.8, 4) is 11.1 Å². The first-order valence-corrected chi connectivity index (χ1v) is 11.5. The van der Waals surface area contributed by atoms with Gasteiger partial charge in [0.2, 0.25) is 10.0 Å². The van der Waals surface area contributed by atoms with Crippen LogP contribution in [0.15, 0.2) is 35.2 Å². The normalized spacial score (nSPS) is 12.7. The number of primary sulfonamides is 1. The van der Waals surface area contributed by atoms with E-state index in [0.29, 0.717) is 41.6 Å². The highest BCUT2D eigenvalue weighted by Gasteiger charge is 2.31. The third-order valence-electron chi connectivity index (χ3n) is 4.89. The minimum absolute atomic E-state index is 0.0949. The fourth-order valence-corrected chi connectivity index (χ4v) is 5.32. The number of benzene rings is 2. The number of sulfonamides is 1. The zero-order valence-electron chi connectivity index (χ0n) is 17.2. The number of hydrogen-bond acceptors (Lipinski definition) is 4. The SMILES string of the molecule is CCc1nc2c(-c3ccccc3)c(S(N)(=O)=O)c(Cl)c(CCN)c2n1C(C)(C)C. The molecule has 6 nitrogen and oxygen atoms in total. The van der Waals surface area contributed by atoms with Crippen LogP contribution in [0.2, 0.25) is 5.02 Å². The molecular weight excluding hydrogens is 408 g/mol. The van der Waals surface area contributed by atoms with Crippen LogP contribution in [0.3, 0.4) is 0 Å². The summed E-state index contributed by atoms with van der Waals surface area (Å²) in [5.41, 5.74) is 8.77. The summed E-state index contributed by atoms with van der Waals surface area (Å²) in [6.07, 6.45) is 1.10. The molecule has 3 rings (SSSR count). The van der Waals surface area contributed by atoms with Crippen molar-refractivity contribution in [2.45, 2.75) is 51.0 Å². The summed E-state index contributed by atoms with van der Waals surface area (Å²) >= 11 is 6.72. The van der Waals surface area contributed by atoms with E-state index in [1.165, 1.54) is 0 Å². The van der Waals surface area contributed by atoms with Crippen molar-refractivity contribution >= 4 is 32.7 Å². The summed E-state index contributed by atoms with van der Waals surface area (Å²) in [4.78, 5) is 4.78. The van der Waals surface area contributed by atoms with Gasteiger partial charge in [-0.15, -0.1) is 0 Å². The van der Waals surface area contributed by atoms with E-state index in [4.69, 9.17) is 27.5 Å². The molecule has 29 heavy (non-hydrogen) atoms. The molecule has 1 aromatic heterocycles. The Morgan fingerprint density at radius 1 is 1.17 bits per heavy atom. The Kier molecular flexibility index (Phi) is 5.80. The molecular formula is C21H27ClN4O2S. The van der Waals surface area contributed by atoms with Crippen LogP contribution in [-0.4, -0.2) is 24.5 Å². The van der Waals surface area contributed by atoms with Crippen molar-refractivity contribution in [1.29, 1.82) is 0 Å². The van der Waals surface area contributed by atoms with Crippen LogP contribution < -0.4 is 10.9 Å². The third kappa shape index (κ3) is 3.80. The molecule has 8 heteroatoms. The molecule has 1 heterocycles. The van der Waals surface area contributed by atoms with Crippen LogP contribution in [0.1, 0.15) is 39.1 Å². The smallest absolute Gasteiger partial charge is 0.240 e. The van der Waals surface area contributed by atoms with Gasteiger partial charge in [-0.1, -0.05) is 48.9 Å². The zero-order chi connectivity index (χ0) is 21.6. The average molecular weight is 435 g/mol. The number of fused-ring (bicyclic) bond motifs is 1. The van der Waals surface area contributed by atoms with E-state index < -0.39 is 10.0 Å². The molecule has 4 N–H and O–H groups in total. The monoisotopic (exact) mass is 434 g/mol. The standard InChI is InChI=1S/C21H27ClN4O2S/c1-5-15-25-18-16(13-9-7-6-8-10-13)20(29(24,27)28)17(22)14(11-12-23)19(18)26(15)21(2,3)4/h6-10H,5,11-12,23H2,1-4H3,(H2,24,27,28). The lowest BCUT2D eigenvalue weighted by Gasteiger charge is -2.26. The number of halogens is 1. The number of aryl methyl sites for hydroxylation is 1. The maximum Gasteiger partial charge on any atom is 0.240 e. The molecule has 156 valence electrons. The Balaban J connectivity index is 2.68. The molecule has 0 radical (unpaired) electrons. The van der Waals surface area contributed by atoms with Gasteiger partial charge in [-0.25, -0.2) is 18.5 Å². The first-order valence-electron chi connectivity index (χ1n) is 9.56. The van der Waals surface area contributed by atoms with Gasteiger partial charge in [-0.3, -0.25) is 0 Å². The summed E-state index contributed by atoms with van der Waals surface area (Å²) in [5.74, 6) is 0.852. The Morgan fingerprint density at radius 2 is 1.79 bits per heavy atom. The van der Waals surface area contributed by atoms with Crippen LogP contribution in [0, 0.1) is 0 Å². The van der Waals surface area contributed by atoms with Crippen molar-refractivity contribution < 1.29 is 8.42 Å². The van der Waals surface area contributed by atoms with Gasteiger partial charge in [0, 0.05) is 17.5 Å². The average Bonchev–Trinajstić information content (AvgIpc) is 3.03. The lowest BCUT2D eigenvalue weighted by atomic mass is 9.98. The summed E-state index contributed by atoms with van der Waals surface area (Å²) < 4.78 is 27.4. The van der Waals surface area contributed by atoms with Gasteiger partial charge in [0.15, 0.2) is 0 Å². The predicted molar refractivity (Wildman–Crippen MR) is 119 cm³/mol. The van der Waals surface area contributed by atoms with E-state index in [9.17, 15) is 8.42 Å². The summed E-state index contributed by atoms with van der Waals surface area (Å²) in [5, 5.41) is 5.76. The first kappa shape index (κ1) is 21.8. The van der Waals surface area contributed by atoms with Gasteiger partial charge in [-0.05, 0) is 44.9 Å². The van der Waals surface area contributed by atoms with Crippen molar-refractivity contribution in [3.63, 3.8) is 0 Å². The molecule has 0 aliphatic rings. The second kappa shape index (κ2) is 7.72. The zero-order valence-corrected chi connectivity index (χ0v) is 18.7. The first-order chi connectivity index (χ1) is 13.5. The summed E-state index contributed by atoms with van der Waals surface area (Å²) in [6.45, 7) is 8.60. The third-order valence-corrected chi connectivity index (χ3v) is 6.40. The van der Waals surface area contributed by atoms with E-state index in [1.807, 2.05) is 37.3 Å².